The maximum atomic E-state index is 13.1. The van der Waals surface area contributed by atoms with Crippen molar-refractivity contribution in [1.82, 2.24) is 15.2 Å². The van der Waals surface area contributed by atoms with Crippen LogP contribution in [0.25, 0.3) is 0 Å². The van der Waals surface area contributed by atoms with Gasteiger partial charge >= 0.3 is 12.1 Å². The van der Waals surface area contributed by atoms with Crippen LogP contribution in [0.4, 0.5) is 23.5 Å². The average molecular weight is 438 g/mol. The fourth-order valence-corrected chi connectivity index (χ4v) is 3.51. The maximum Gasteiger partial charge on any atom is 0.416 e. The van der Waals surface area contributed by atoms with Gasteiger partial charge in [-0.15, -0.1) is 11.3 Å². The smallest absolute Gasteiger partial charge is 0.399 e. The quantitative estimate of drug-likeness (QED) is 0.596. The van der Waals surface area contributed by atoms with Gasteiger partial charge < -0.3 is 15.0 Å². The van der Waals surface area contributed by atoms with Crippen LogP contribution in [0.5, 0.6) is 5.06 Å². The molecule has 0 aliphatic heterocycles. The van der Waals surface area contributed by atoms with Crippen molar-refractivity contribution in [3.8, 4) is 5.06 Å². The third kappa shape index (κ3) is 6.22. The van der Waals surface area contributed by atoms with Crippen LogP contribution >= 0.6 is 22.7 Å². The lowest BCUT2D eigenvalue weighted by molar-refractivity contribution is 0.162. The number of benzene rings is 1. The Morgan fingerprint density at radius 2 is 2.07 bits per heavy atom. The highest BCUT2D eigenvalue weighted by atomic mass is 32.1. The molecule has 7 nitrogen and oxygen atoms in total. The van der Waals surface area contributed by atoms with E-state index < -0.39 is 17.3 Å². The molecule has 0 saturated heterocycles. The highest BCUT2D eigenvalue weighted by Gasteiger charge is 2.15. The molecule has 0 saturated carbocycles. The van der Waals surface area contributed by atoms with Crippen molar-refractivity contribution in [2.75, 3.05) is 12.4 Å². The lowest BCUT2D eigenvalue weighted by atomic mass is 10.2. The third-order valence-electron chi connectivity index (χ3n) is 3.56. The topological polar surface area (TPSA) is 83.6 Å². The SMILES string of the molecule is CN(Cc1csc(NC(=O)NCc2cccc(F)c2)n1)C(=O)Oc1ccc(F)s1. The molecule has 1 aromatic carbocycles. The Hall–Kier alpha value is -3.05. The van der Waals surface area contributed by atoms with Crippen LogP contribution < -0.4 is 15.4 Å². The molecule has 0 aliphatic carbocycles. The fourth-order valence-electron chi connectivity index (χ4n) is 2.23. The monoisotopic (exact) mass is 438 g/mol. The van der Waals surface area contributed by atoms with E-state index in [0.29, 0.717) is 16.4 Å². The van der Waals surface area contributed by atoms with E-state index in [-0.39, 0.29) is 24.0 Å². The van der Waals surface area contributed by atoms with Crippen molar-refractivity contribution in [3.63, 3.8) is 0 Å². The van der Waals surface area contributed by atoms with E-state index >= 15 is 0 Å². The van der Waals surface area contributed by atoms with Gasteiger partial charge in [-0.2, -0.15) is 4.39 Å². The molecule has 0 fully saturated rings. The minimum atomic E-state index is -0.651. The molecule has 3 aromatic rings. The Morgan fingerprint density at radius 3 is 2.79 bits per heavy atom. The number of hydrogen-bond donors (Lipinski definition) is 2. The summed E-state index contributed by atoms with van der Waals surface area (Å²) in [5, 5.41) is 6.95. The van der Waals surface area contributed by atoms with Crippen LogP contribution in [-0.2, 0) is 13.1 Å². The highest BCUT2D eigenvalue weighted by Crippen LogP contribution is 2.23. The lowest BCUT2D eigenvalue weighted by Crippen LogP contribution is -2.29. The van der Waals surface area contributed by atoms with Gasteiger partial charge in [-0.25, -0.2) is 19.0 Å². The lowest BCUT2D eigenvalue weighted by Gasteiger charge is -2.14. The molecule has 0 aliphatic rings. The van der Waals surface area contributed by atoms with Gasteiger partial charge in [-0.3, -0.25) is 5.32 Å². The maximum absolute atomic E-state index is 13.1. The van der Waals surface area contributed by atoms with Gasteiger partial charge in [0.15, 0.2) is 15.3 Å². The molecule has 2 aromatic heterocycles. The number of urea groups is 1. The molecule has 3 amide bonds. The molecular weight excluding hydrogens is 422 g/mol. The molecule has 29 heavy (non-hydrogen) atoms. The standard InChI is InChI=1S/C18H16F2N4O3S2/c1-24(18(26)27-15-6-5-14(20)29-15)9-13-10-28-17(22-13)23-16(25)21-8-11-3-2-4-12(19)7-11/h2-7,10H,8-9H2,1H3,(H2,21,22,23,25). The summed E-state index contributed by atoms with van der Waals surface area (Å²) < 4.78 is 31.1. The number of carbonyl (C=O) groups excluding carboxylic acids is 2. The van der Waals surface area contributed by atoms with Gasteiger partial charge in [0.2, 0.25) is 0 Å². The minimum absolute atomic E-state index is 0.149. The number of anilines is 1. The molecule has 3 rings (SSSR count). The van der Waals surface area contributed by atoms with Gasteiger partial charge in [0.05, 0.1) is 12.2 Å². The Bertz CT molecular complexity index is 1010. The summed E-state index contributed by atoms with van der Waals surface area (Å²) >= 11 is 1.92. The number of rotatable bonds is 6. The van der Waals surface area contributed by atoms with Crippen molar-refractivity contribution in [3.05, 3.63) is 64.0 Å². The second-order valence-electron chi connectivity index (χ2n) is 5.86. The highest BCUT2D eigenvalue weighted by molar-refractivity contribution is 7.14. The summed E-state index contributed by atoms with van der Waals surface area (Å²) in [6.45, 7) is 0.315. The number of halogens is 2. The predicted octanol–water partition coefficient (Wildman–Crippen LogP) is 4.44. The molecule has 2 heterocycles. The molecule has 152 valence electrons. The number of nitrogens with zero attached hydrogens (tertiary/aromatic N) is 2. The first-order valence-electron chi connectivity index (χ1n) is 8.31. The Morgan fingerprint density at radius 1 is 1.24 bits per heavy atom. The van der Waals surface area contributed by atoms with Crippen LogP contribution in [0, 0.1) is 10.9 Å². The van der Waals surface area contributed by atoms with Crippen molar-refractivity contribution < 1.29 is 23.1 Å². The first-order chi connectivity index (χ1) is 13.9. The first-order valence-corrected chi connectivity index (χ1v) is 10.0. The van der Waals surface area contributed by atoms with Crippen molar-refractivity contribution in [2.45, 2.75) is 13.1 Å². The molecule has 11 heteroatoms. The average Bonchev–Trinajstić information content (AvgIpc) is 3.28. The predicted molar refractivity (Wildman–Crippen MR) is 106 cm³/mol. The molecule has 2 N–H and O–H groups in total. The number of aromatic nitrogens is 1. The molecule has 0 spiro atoms. The second kappa shape index (κ2) is 9.43. The van der Waals surface area contributed by atoms with E-state index in [2.05, 4.69) is 15.6 Å². The van der Waals surface area contributed by atoms with Crippen LogP contribution in [0.2, 0.25) is 0 Å². The van der Waals surface area contributed by atoms with Crippen molar-refractivity contribution in [1.29, 1.82) is 0 Å². The molecule has 0 atom stereocenters. The van der Waals surface area contributed by atoms with E-state index in [4.69, 9.17) is 4.74 Å². The Labute approximate surface area is 172 Å². The zero-order chi connectivity index (χ0) is 20.8. The van der Waals surface area contributed by atoms with E-state index in [1.807, 2.05) is 0 Å². The Balaban J connectivity index is 1.46. The zero-order valence-corrected chi connectivity index (χ0v) is 16.8. The Kier molecular flexibility index (Phi) is 6.73. The molecule has 0 bridgehead atoms. The normalized spacial score (nSPS) is 10.4. The van der Waals surface area contributed by atoms with Crippen LogP contribution in [-0.4, -0.2) is 29.1 Å². The van der Waals surface area contributed by atoms with E-state index in [1.54, 1.807) is 17.5 Å². The molecular formula is C18H16F2N4O3S2. The van der Waals surface area contributed by atoms with E-state index in [1.165, 1.54) is 47.5 Å². The number of amides is 3. The van der Waals surface area contributed by atoms with Gasteiger partial charge in [0.25, 0.3) is 0 Å². The summed E-state index contributed by atoms with van der Waals surface area (Å²) in [6, 6.07) is 8.03. The van der Waals surface area contributed by atoms with Crippen molar-refractivity contribution >= 4 is 39.9 Å². The summed E-state index contributed by atoms with van der Waals surface area (Å²) in [5.41, 5.74) is 1.18. The summed E-state index contributed by atoms with van der Waals surface area (Å²) in [6.07, 6.45) is -0.651. The van der Waals surface area contributed by atoms with Gasteiger partial charge in [0, 0.05) is 19.0 Å². The number of nitrogens with one attached hydrogen (secondary N) is 2. The zero-order valence-electron chi connectivity index (χ0n) is 15.1. The minimum Gasteiger partial charge on any atom is -0.399 e. The van der Waals surface area contributed by atoms with Crippen molar-refractivity contribution in [2.24, 2.45) is 0 Å². The van der Waals surface area contributed by atoms with E-state index in [0.717, 1.165) is 11.3 Å². The number of thiophene rings is 1. The van der Waals surface area contributed by atoms with E-state index in [9.17, 15) is 18.4 Å². The first kappa shape index (κ1) is 20.7. The number of hydrogen-bond acceptors (Lipinski definition) is 6. The second-order valence-corrected chi connectivity index (χ2v) is 7.72. The number of thiazole rings is 1. The largest absolute Gasteiger partial charge is 0.416 e. The number of ether oxygens (including phenoxy) is 1. The fraction of sp³-hybridized carbons (Fsp3) is 0.167. The summed E-state index contributed by atoms with van der Waals surface area (Å²) in [5.74, 6) is -0.374. The van der Waals surface area contributed by atoms with Crippen LogP contribution in [0.3, 0.4) is 0 Å². The summed E-state index contributed by atoms with van der Waals surface area (Å²) in [4.78, 5) is 29.5. The third-order valence-corrected chi connectivity index (χ3v) is 5.12. The molecule has 0 radical (unpaired) electrons. The van der Waals surface area contributed by atoms with Gasteiger partial charge in [-0.1, -0.05) is 23.5 Å². The van der Waals surface area contributed by atoms with Crippen LogP contribution in [0.1, 0.15) is 11.3 Å². The van der Waals surface area contributed by atoms with Crippen LogP contribution in [0.15, 0.2) is 41.8 Å². The van der Waals surface area contributed by atoms with Gasteiger partial charge in [-0.05, 0) is 29.8 Å². The van der Waals surface area contributed by atoms with Gasteiger partial charge in [0.1, 0.15) is 5.82 Å². The summed E-state index contributed by atoms with van der Waals surface area (Å²) in [7, 11) is 1.52. The molecule has 0 unspecified atom stereocenters. The number of carbonyl (C=O) groups is 2.